The molecule has 1 amide bonds. The van der Waals surface area contributed by atoms with Gasteiger partial charge in [-0.2, -0.15) is 0 Å². The largest absolute Gasteiger partial charge is 0.380 e. The molecule has 1 aromatic heterocycles. The molecule has 1 fully saturated rings. The number of piperazine rings is 1. The van der Waals surface area contributed by atoms with E-state index >= 15 is 0 Å². The predicted molar refractivity (Wildman–Crippen MR) is 94.8 cm³/mol. The average molecular weight is 343 g/mol. The van der Waals surface area contributed by atoms with Crippen LogP contribution in [0.1, 0.15) is 23.7 Å². The first kappa shape index (κ1) is 17.6. The monoisotopic (exact) mass is 343 g/mol. The third kappa shape index (κ3) is 4.43. The van der Waals surface area contributed by atoms with Gasteiger partial charge in [-0.15, -0.1) is 10.2 Å². The molecular weight excluding hydrogens is 318 g/mol. The van der Waals surface area contributed by atoms with E-state index in [2.05, 4.69) is 22.0 Å². The molecule has 0 atom stereocenters. The first-order valence-electron chi connectivity index (χ1n) is 8.83. The van der Waals surface area contributed by atoms with Crippen LogP contribution in [0.25, 0.3) is 5.69 Å². The van der Waals surface area contributed by atoms with E-state index in [0.29, 0.717) is 5.56 Å². The fourth-order valence-electron chi connectivity index (χ4n) is 2.99. The number of rotatable bonds is 7. The Morgan fingerprint density at radius 1 is 1.08 bits per heavy atom. The van der Waals surface area contributed by atoms with Crippen molar-refractivity contribution in [2.45, 2.75) is 13.3 Å². The lowest BCUT2D eigenvalue weighted by Crippen LogP contribution is -2.49. The van der Waals surface area contributed by atoms with E-state index in [-0.39, 0.29) is 5.91 Å². The number of benzene rings is 1. The standard InChI is InChI=1S/C18H25N5O2/c1-2-12-25-13-11-21-7-9-22(10-8-21)18(24)16-5-3-4-6-17(16)23-14-19-20-15-23/h3-6,14-15H,2,7-13H2,1H3. The Bertz CT molecular complexity index is 666. The number of nitrogens with zero attached hydrogens (tertiary/aromatic N) is 5. The van der Waals surface area contributed by atoms with Crippen LogP contribution < -0.4 is 0 Å². The van der Waals surface area contributed by atoms with Crippen molar-refractivity contribution in [3.8, 4) is 5.69 Å². The summed E-state index contributed by atoms with van der Waals surface area (Å²) >= 11 is 0. The quantitative estimate of drug-likeness (QED) is 0.712. The lowest BCUT2D eigenvalue weighted by Gasteiger charge is -2.35. The molecule has 2 aromatic rings. The van der Waals surface area contributed by atoms with Crippen LogP contribution in [-0.2, 0) is 4.74 Å². The minimum Gasteiger partial charge on any atom is -0.380 e. The molecule has 3 rings (SSSR count). The lowest BCUT2D eigenvalue weighted by molar-refractivity contribution is 0.0552. The Morgan fingerprint density at radius 3 is 2.52 bits per heavy atom. The van der Waals surface area contributed by atoms with Gasteiger partial charge in [-0.1, -0.05) is 19.1 Å². The fraction of sp³-hybridized carbons (Fsp3) is 0.500. The smallest absolute Gasteiger partial charge is 0.256 e. The van der Waals surface area contributed by atoms with Crippen LogP contribution in [-0.4, -0.2) is 76.4 Å². The van der Waals surface area contributed by atoms with E-state index in [1.54, 1.807) is 17.2 Å². The molecule has 0 aliphatic carbocycles. The van der Waals surface area contributed by atoms with E-state index in [1.807, 2.05) is 29.2 Å². The van der Waals surface area contributed by atoms with Crippen molar-refractivity contribution >= 4 is 5.91 Å². The minimum absolute atomic E-state index is 0.0613. The maximum absolute atomic E-state index is 13.0. The van der Waals surface area contributed by atoms with Crippen LogP contribution in [0, 0.1) is 0 Å². The third-order valence-electron chi connectivity index (χ3n) is 4.39. The highest BCUT2D eigenvalue weighted by Crippen LogP contribution is 2.17. The number of hydrogen-bond acceptors (Lipinski definition) is 5. The lowest BCUT2D eigenvalue weighted by atomic mass is 10.1. The van der Waals surface area contributed by atoms with Gasteiger partial charge in [0.05, 0.1) is 17.9 Å². The molecule has 1 aromatic carbocycles. The summed E-state index contributed by atoms with van der Waals surface area (Å²) in [6.45, 7) is 7.87. The molecule has 1 aliphatic rings. The minimum atomic E-state index is 0.0613. The average Bonchev–Trinajstić information content (AvgIpc) is 3.20. The van der Waals surface area contributed by atoms with E-state index in [0.717, 1.165) is 58.0 Å². The van der Waals surface area contributed by atoms with Crippen LogP contribution in [0.5, 0.6) is 0 Å². The number of para-hydroxylation sites is 1. The van der Waals surface area contributed by atoms with Crippen LogP contribution in [0.4, 0.5) is 0 Å². The van der Waals surface area contributed by atoms with E-state index in [1.165, 1.54) is 0 Å². The molecule has 7 nitrogen and oxygen atoms in total. The van der Waals surface area contributed by atoms with Gasteiger partial charge in [0, 0.05) is 39.3 Å². The first-order chi connectivity index (χ1) is 12.3. The van der Waals surface area contributed by atoms with Gasteiger partial charge in [0.2, 0.25) is 0 Å². The molecule has 0 bridgehead atoms. The normalized spacial score (nSPS) is 15.5. The van der Waals surface area contributed by atoms with E-state index < -0.39 is 0 Å². The van der Waals surface area contributed by atoms with Crippen molar-refractivity contribution in [2.24, 2.45) is 0 Å². The first-order valence-corrected chi connectivity index (χ1v) is 8.83. The topological polar surface area (TPSA) is 63.5 Å². The van der Waals surface area contributed by atoms with Crippen molar-refractivity contribution in [3.05, 3.63) is 42.5 Å². The van der Waals surface area contributed by atoms with Crippen molar-refractivity contribution in [3.63, 3.8) is 0 Å². The Balaban J connectivity index is 1.59. The summed E-state index contributed by atoms with van der Waals surface area (Å²) < 4.78 is 7.32. The molecule has 0 N–H and O–H groups in total. The molecule has 134 valence electrons. The van der Waals surface area contributed by atoms with E-state index in [4.69, 9.17) is 4.74 Å². The van der Waals surface area contributed by atoms with Crippen LogP contribution in [0.2, 0.25) is 0 Å². The van der Waals surface area contributed by atoms with Crippen LogP contribution >= 0.6 is 0 Å². The van der Waals surface area contributed by atoms with Crippen molar-refractivity contribution < 1.29 is 9.53 Å². The van der Waals surface area contributed by atoms with Gasteiger partial charge >= 0.3 is 0 Å². The summed E-state index contributed by atoms with van der Waals surface area (Å²) in [5.74, 6) is 0.0613. The molecule has 2 heterocycles. The highest BCUT2D eigenvalue weighted by atomic mass is 16.5. The number of hydrogen-bond donors (Lipinski definition) is 0. The van der Waals surface area contributed by atoms with Gasteiger partial charge in [-0.25, -0.2) is 0 Å². The molecule has 1 aliphatic heterocycles. The Labute approximate surface area is 148 Å². The second kappa shape index (κ2) is 8.73. The van der Waals surface area contributed by atoms with E-state index in [9.17, 15) is 4.79 Å². The Hall–Kier alpha value is -2.25. The zero-order valence-electron chi connectivity index (χ0n) is 14.7. The maximum atomic E-state index is 13.0. The van der Waals surface area contributed by atoms with Gasteiger partial charge in [0.15, 0.2) is 0 Å². The number of amides is 1. The SMILES string of the molecule is CCCOCCN1CCN(C(=O)c2ccccc2-n2cnnc2)CC1. The van der Waals surface area contributed by atoms with Gasteiger partial charge in [-0.3, -0.25) is 14.3 Å². The second-order valence-electron chi connectivity index (χ2n) is 6.13. The number of ether oxygens (including phenoxy) is 1. The summed E-state index contributed by atoms with van der Waals surface area (Å²) in [4.78, 5) is 17.2. The summed E-state index contributed by atoms with van der Waals surface area (Å²) in [6, 6.07) is 7.59. The second-order valence-corrected chi connectivity index (χ2v) is 6.13. The molecule has 0 unspecified atom stereocenters. The highest BCUT2D eigenvalue weighted by molar-refractivity contribution is 5.97. The third-order valence-corrected chi connectivity index (χ3v) is 4.39. The van der Waals surface area contributed by atoms with Gasteiger partial charge in [0.1, 0.15) is 12.7 Å². The highest BCUT2D eigenvalue weighted by Gasteiger charge is 2.23. The Kier molecular flexibility index (Phi) is 6.14. The summed E-state index contributed by atoms with van der Waals surface area (Å²) in [5, 5.41) is 7.67. The fourth-order valence-corrected chi connectivity index (χ4v) is 2.99. The van der Waals surface area contributed by atoms with Crippen LogP contribution in [0.3, 0.4) is 0 Å². The molecule has 7 heteroatoms. The van der Waals surface area contributed by atoms with Crippen molar-refractivity contribution in [1.29, 1.82) is 0 Å². The van der Waals surface area contributed by atoms with Crippen molar-refractivity contribution in [1.82, 2.24) is 24.6 Å². The number of aromatic nitrogens is 3. The maximum Gasteiger partial charge on any atom is 0.256 e. The summed E-state index contributed by atoms with van der Waals surface area (Å²) in [7, 11) is 0. The van der Waals surface area contributed by atoms with Crippen molar-refractivity contribution in [2.75, 3.05) is 45.9 Å². The zero-order chi connectivity index (χ0) is 17.5. The van der Waals surface area contributed by atoms with Gasteiger partial charge in [0.25, 0.3) is 5.91 Å². The molecule has 25 heavy (non-hydrogen) atoms. The molecule has 0 saturated carbocycles. The van der Waals surface area contributed by atoms with Gasteiger partial charge < -0.3 is 9.64 Å². The number of carbonyl (C=O) groups is 1. The van der Waals surface area contributed by atoms with Gasteiger partial charge in [-0.05, 0) is 18.6 Å². The molecule has 0 radical (unpaired) electrons. The Morgan fingerprint density at radius 2 is 1.80 bits per heavy atom. The molecule has 0 spiro atoms. The predicted octanol–water partition coefficient (Wildman–Crippen LogP) is 1.45. The molecule has 1 saturated heterocycles. The summed E-state index contributed by atoms with van der Waals surface area (Å²) in [5.41, 5.74) is 1.50. The zero-order valence-corrected chi connectivity index (χ0v) is 14.7. The van der Waals surface area contributed by atoms with Crippen LogP contribution in [0.15, 0.2) is 36.9 Å². The summed E-state index contributed by atoms with van der Waals surface area (Å²) in [6.07, 6.45) is 4.27. The molecular formula is C18H25N5O2. The number of carbonyl (C=O) groups excluding carboxylic acids is 1.